The van der Waals surface area contributed by atoms with E-state index in [1.54, 1.807) is 30.6 Å². The highest BCUT2D eigenvalue weighted by molar-refractivity contribution is 5.86. The van der Waals surface area contributed by atoms with Gasteiger partial charge in [-0.15, -0.1) is 0 Å². The van der Waals surface area contributed by atoms with E-state index in [0.717, 1.165) is 19.3 Å². The van der Waals surface area contributed by atoms with Crippen molar-refractivity contribution in [1.29, 1.82) is 0 Å². The molecule has 2 aromatic heterocycles. The van der Waals surface area contributed by atoms with Gasteiger partial charge in [0.2, 0.25) is 0 Å². The van der Waals surface area contributed by atoms with Gasteiger partial charge in [0.1, 0.15) is 12.0 Å². The number of anilines is 2. The molecule has 1 unspecified atom stereocenters. The lowest BCUT2D eigenvalue weighted by Gasteiger charge is -2.23. The van der Waals surface area contributed by atoms with E-state index >= 15 is 0 Å². The molecule has 8 nitrogen and oxygen atoms in total. The summed E-state index contributed by atoms with van der Waals surface area (Å²) < 4.78 is 7.58. The second-order valence-corrected chi connectivity index (χ2v) is 5.66. The van der Waals surface area contributed by atoms with Crippen LogP contribution in [0.25, 0.3) is 11.2 Å². The number of ether oxygens (including phenoxy) is 1. The first-order valence-electron chi connectivity index (χ1n) is 7.82. The molecule has 1 aliphatic rings. The molecule has 0 saturated carbocycles. The quantitative estimate of drug-likeness (QED) is 0.635. The zero-order chi connectivity index (χ0) is 16.5. The number of para-hydroxylation sites is 2. The molecule has 124 valence electrons. The minimum atomic E-state index is -0.363. The lowest BCUT2D eigenvalue weighted by molar-refractivity contribution is -0.0298. The molecule has 0 aliphatic carbocycles. The van der Waals surface area contributed by atoms with E-state index in [1.807, 2.05) is 4.57 Å². The smallest absolute Gasteiger partial charge is 0.318 e. The predicted octanol–water partition coefficient (Wildman–Crippen LogP) is 2.68. The van der Waals surface area contributed by atoms with Gasteiger partial charge in [0, 0.05) is 6.61 Å². The second-order valence-electron chi connectivity index (χ2n) is 5.66. The van der Waals surface area contributed by atoms with Crippen LogP contribution in [0.3, 0.4) is 0 Å². The van der Waals surface area contributed by atoms with E-state index in [-0.39, 0.29) is 18.0 Å². The molecule has 1 saturated heterocycles. The van der Waals surface area contributed by atoms with Crippen molar-refractivity contribution in [1.82, 2.24) is 19.5 Å². The summed E-state index contributed by atoms with van der Waals surface area (Å²) in [5.41, 5.74) is 1.47. The van der Waals surface area contributed by atoms with Gasteiger partial charge >= 0.3 is 6.01 Å². The van der Waals surface area contributed by atoms with Gasteiger partial charge in [0.15, 0.2) is 17.0 Å². The highest BCUT2D eigenvalue weighted by Crippen LogP contribution is 2.31. The van der Waals surface area contributed by atoms with E-state index in [1.165, 1.54) is 0 Å². The maximum Gasteiger partial charge on any atom is 0.318 e. The number of hydrogen-bond donors (Lipinski definition) is 3. The molecule has 4 rings (SSSR count). The van der Waals surface area contributed by atoms with Crippen LogP contribution in [0.4, 0.5) is 11.5 Å². The number of benzene rings is 1. The first kappa shape index (κ1) is 14.7. The Bertz CT molecular complexity index is 873. The molecule has 1 atom stereocenters. The van der Waals surface area contributed by atoms with Gasteiger partial charge in [0.05, 0.1) is 12.0 Å². The lowest BCUT2D eigenvalue weighted by Crippen LogP contribution is -2.17. The fraction of sp³-hybridized carbons (Fsp3) is 0.312. The molecule has 24 heavy (non-hydrogen) atoms. The summed E-state index contributed by atoms with van der Waals surface area (Å²) in [6.07, 6.45) is 4.49. The van der Waals surface area contributed by atoms with Gasteiger partial charge in [-0.3, -0.25) is 4.57 Å². The first-order valence-corrected chi connectivity index (χ1v) is 7.82. The van der Waals surface area contributed by atoms with Gasteiger partial charge in [-0.25, -0.2) is 4.98 Å². The summed E-state index contributed by atoms with van der Waals surface area (Å²) in [6, 6.07) is 6.42. The van der Waals surface area contributed by atoms with Crippen molar-refractivity contribution in [2.75, 3.05) is 11.9 Å². The summed E-state index contributed by atoms with van der Waals surface area (Å²) in [4.78, 5) is 12.5. The van der Waals surface area contributed by atoms with Crippen LogP contribution in [0.1, 0.15) is 25.5 Å². The van der Waals surface area contributed by atoms with Gasteiger partial charge in [-0.05, 0) is 31.4 Å². The van der Waals surface area contributed by atoms with Crippen molar-refractivity contribution in [2.45, 2.75) is 25.5 Å². The summed E-state index contributed by atoms with van der Waals surface area (Å²) in [5.74, 6) is 0.410. The molecule has 1 fully saturated rings. The van der Waals surface area contributed by atoms with Crippen LogP contribution in [-0.2, 0) is 4.74 Å². The Kier molecular flexibility index (Phi) is 3.66. The van der Waals surface area contributed by atoms with Crippen molar-refractivity contribution < 1.29 is 14.9 Å². The number of rotatable bonds is 3. The van der Waals surface area contributed by atoms with Crippen LogP contribution in [0, 0.1) is 0 Å². The Balaban J connectivity index is 1.76. The number of aromatic hydroxyl groups is 2. The molecule has 0 bridgehead atoms. The fourth-order valence-corrected chi connectivity index (χ4v) is 2.85. The molecule has 8 heteroatoms. The molecular weight excluding hydrogens is 310 g/mol. The van der Waals surface area contributed by atoms with Gasteiger partial charge < -0.3 is 20.3 Å². The second kappa shape index (κ2) is 5.97. The Morgan fingerprint density at radius 3 is 2.83 bits per heavy atom. The van der Waals surface area contributed by atoms with Crippen LogP contribution >= 0.6 is 0 Å². The lowest BCUT2D eigenvalue weighted by atomic mass is 10.2. The third kappa shape index (κ3) is 2.61. The summed E-state index contributed by atoms with van der Waals surface area (Å²) in [6.45, 7) is 0.699. The predicted molar refractivity (Wildman–Crippen MR) is 87.2 cm³/mol. The molecule has 1 aromatic carbocycles. The molecule has 0 amide bonds. The number of aromatic nitrogens is 4. The monoisotopic (exact) mass is 327 g/mol. The SMILES string of the molecule is Oc1nc(Nc2ccccc2O)c2ncn(C3CCCCO3)c2n1. The Morgan fingerprint density at radius 1 is 1.17 bits per heavy atom. The normalized spacial score (nSPS) is 17.9. The molecule has 1 aliphatic heterocycles. The van der Waals surface area contributed by atoms with Crippen molar-refractivity contribution in [2.24, 2.45) is 0 Å². The van der Waals surface area contributed by atoms with Crippen molar-refractivity contribution in [3.8, 4) is 11.8 Å². The number of nitrogens with one attached hydrogen (secondary N) is 1. The first-order chi connectivity index (χ1) is 11.7. The summed E-state index contributed by atoms with van der Waals surface area (Å²) in [5, 5.41) is 22.8. The highest BCUT2D eigenvalue weighted by atomic mass is 16.5. The van der Waals surface area contributed by atoms with Crippen LogP contribution < -0.4 is 5.32 Å². The zero-order valence-corrected chi connectivity index (χ0v) is 12.9. The average molecular weight is 327 g/mol. The number of hydrogen-bond acceptors (Lipinski definition) is 7. The number of phenolic OH excluding ortho intramolecular Hbond substituents is 1. The maximum absolute atomic E-state index is 9.91. The average Bonchev–Trinajstić information content (AvgIpc) is 3.01. The molecule has 0 spiro atoms. The van der Waals surface area contributed by atoms with Crippen LogP contribution in [-0.4, -0.2) is 36.3 Å². The van der Waals surface area contributed by atoms with E-state index in [2.05, 4.69) is 20.3 Å². The number of nitrogens with zero attached hydrogens (tertiary/aromatic N) is 4. The molecular formula is C16H17N5O3. The maximum atomic E-state index is 9.91. The van der Waals surface area contributed by atoms with Crippen molar-refractivity contribution >= 4 is 22.7 Å². The van der Waals surface area contributed by atoms with Gasteiger partial charge in [0.25, 0.3) is 0 Å². The highest BCUT2D eigenvalue weighted by Gasteiger charge is 2.21. The Labute approximate surface area is 137 Å². The van der Waals surface area contributed by atoms with Crippen LogP contribution in [0.5, 0.6) is 11.8 Å². The third-order valence-corrected chi connectivity index (χ3v) is 4.03. The largest absolute Gasteiger partial charge is 0.506 e. The summed E-state index contributed by atoms with van der Waals surface area (Å²) in [7, 11) is 0. The fourth-order valence-electron chi connectivity index (χ4n) is 2.85. The van der Waals surface area contributed by atoms with E-state index in [4.69, 9.17) is 4.74 Å². The summed E-state index contributed by atoms with van der Waals surface area (Å²) >= 11 is 0. The number of imidazole rings is 1. The standard InChI is InChI=1S/C16H17N5O3/c22-11-6-2-1-5-10(11)18-14-13-15(20-16(23)19-14)21(9-17-13)12-7-3-4-8-24-12/h1-2,5-6,9,12,22H,3-4,7-8H2,(H2,18,19,20,23). The van der Waals surface area contributed by atoms with Gasteiger partial charge in [-0.1, -0.05) is 12.1 Å². The number of fused-ring (bicyclic) bond motifs is 1. The third-order valence-electron chi connectivity index (χ3n) is 4.03. The molecule has 3 N–H and O–H groups in total. The van der Waals surface area contributed by atoms with Crippen LogP contribution in [0.15, 0.2) is 30.6 Å². The van der Waals surface area contributed by atoms with E-state index < -0.39 is 0 Å². The minimum absolute atomic E-state index is 0.0822. The molecule has 0 radical (unpaired) electrons. The van der Waals surface area contributed by atoms with E-state index in [0.29, 0.717) is 29.3 Å². The Hall–Kier alpha value is -2.87. The van der Waals surface area contributed by atoms with Crippen molar-refractivity contribution in [3.05, 3.63) is 30.6 Å². The molecule has 3 aromatic rings. The minimum Gasteiger partial charge on any atom is -0.506 e. The van der Waals surface area contributed by atoms with E-state index in [9.17, 15) is 10.2 Å². The zero-order valence-electron chi connectivity index (χ0n) is 12.9. The topological polar surface area (TPSA) is 105 Å². The van der Waals surface area contributed by atoms with Crippen molar-refractivity contribution in [3.63, 3.8) is 0 Å². The molecule has 3 heterocycles. The Morgan fingerprint density at radius 2 is 2.04 bits per heavy atom. The number of phenols is 1. The van der Waals surface area contributed by atoms with Crippen LogP contribution in [0.2, 0.25) is 0 Å². The van der Waals surface area contributed by atoms with Gasteiger partial charge in [-0.2, -0.15) is 9.97 Å².